The Morgan fingerprint density at radius 1 is 1.48 bits per heavy atom. The molecule has 0 fully saturated rings. The second-order valence-corrected chi connectivity index (χ2v) is 5.95. The number of carbonyl (C=O) groups excluding carboxylic acids is 2. The van der Waals surface area contributed by atoms with Crippen LogP contribution in [0.4, 0.5) is 0 Å². The summed E-state index contributed by atoms with van der Waals surface area (Å²) >= 11 is 0. The van der Waals surface area contributed by atoms with Gasteiger partial charge in [0.1, 0.15) is 12.7 Å². The highest BCUT2D eigenvalue weighted by atomic mass is 16.6. The average Bonchev–Trinajstić information content (AvgIpc) is 2.99. The maximum Gasteiger partial charge on any atom is 0.339 e. The summed E-state index contributed by atoms with van der Waals surface area (Å²) in [5.74, 6) is -0.776. The lowest BCUT2D eigenvalue weighted by atomic mass is 9.89. The van der Waals surface area contributed by atoms with Gasteiger partial charge in [0.05, 0.1) is 12.1 Å². The number of aromatic nitrogens is 3. The first kappa shape index (κ1) is 15.2. The normalized spacial score (nSPS) is 21.2. The van der Waals surface area contributed by atoms with Crippen LogP contribution in [0.15, 0.2) is 36.9 Å². The molecule has 0 radical (unpaired) electrons. The standard InChI is InChI=1S/C16H18N4O3/c1-11(8-20-10-17-9-18-20)19-15(22)16(2)7-12-5-3-4-6-13(12)14(21)23-16/h3-6,9-11H,7-8H2,1-2H3,(H,19,22). The quantitative estimate of drug-likeness (QED) is 0.849. The number of carbonyl (C=O) groups is 2. The number of ether oxygens (including phenoxy) is 1. The third-order valence-electron chi connectivity index (χ3n) is 3.87. The molecule has 1 amide bonds. The second-order valence-electron chi connectivity index (χ2n) is 5.95. The zero-order valence-electron chi connectivity index (χ0n) is 13.0. The number of hydrogen-bond donors (Lipinski definition) is 1. The van der Waals surface area contributed by atoms with Crippen LogP contribution >= 0.6 is 0 Å². The summed E-state index contributed by atoms with van der Waals surface area (Å²) in [5.41, 5.74) is 0.140. The number of amides is 1. The molecule has 0 saturated carbocycles. The van der Waals surface area contributed by atoms with E-state index >= 15 is 0 Å². The van der Waals surface area contributed by atoms with Gasteiger partial charge in [0.25, 0.3) is 5.91 Å². The predicted octanol–water partition coefficient (Wildman–Crippen LogP) is 0.955. The maximum absolute atomic E-state index is 12.6. The highest BCUT2D eigenvalue weighted by molar-refractivity contribution is 5.97. The Morgan fingerprint density at radius 3 is 3.00 bits per heavy atom. The number of hydrogen-bond acceptors (Lipinski definition) is 5. The molecule has 2 atom stereocenters. The first-order valence-corrected chi connectivity index (χ1v) is 7.42. The van der Waals surface area contributed by atoms with Gasteiger partial charge in [0.2, 0.25) is 0 Å². The van der Waals surface area contributed by atoms with Gasteiger partial charge in [0.15, 0.2) is 5.60 Å². The van der Waals surface area contributed by atoms with Crippen LogP contribution in [-0.4, -0.2) is 38.3 Å². The summed E-state index contributed by atoms with van der Waals surface area (Å²) in [4.78, 5) is 28.6. The van der Waals surface area contributed by atoms with Crippen molar-refractivity contribution in [3.05, 3.63) is 48.0 Å². The molecule has 2 heterocycles. The van der Waals surface area contributed by atoms with E-state index in [1.165, 1.54) is 6.33 Å². The van der Waals surface area contributed by atoms with Crippen LogP contribution in [0.3, 0.4) is 0 Å². The molecule has 120 valence electrons. The lowest BCUT2D eigenvalue weighted by Crippen LogP contribution is -2.54. The fourth-order valence-electron chi connectivity index (χ4n) is 2.69. The van der Waals surface area contributed by atoms with Crippen molar-refractivity contribution in [1.29, 1.82) is 0 Å². The largest absolute Gasteiger partial charge is 0.445 e. The summed E-state index contributed by atoms with van der Waals surface area (Å²) in [5, 5.41) is 6.88. The van der Waals surface area contributed by atoms with E-state index in [1.807, 2.05) is 19.1 Å². The highest BCUT2D eigenvalue weighted by Crippen LogP contribution is 2.28. The molecule has 7 nitrogen and oxygen atoms in total. The van der Waals surface area contributed by atoms with E-state index in [0.717, 1.165) is 5.56 Å². The zero-order chi connectivity index (χ0) is 16.4. The van der Waals surface area contributed by atoms with E-state index in [1.54, 1.807) is 30.1 Å². The molecule has 7 heteroatoms. The van der Waals surface area contributed by atoms with Crippen molar-refractivity contribution in [1.82, 2.24) is 20.1 Å². The van der Waals surface area contributed by atoms with E-state index in [9.17, 15) is 9.59 Å². The molecular weight excluding hydrogens is 296 g/mol. The Kier molecular flexibility index (Phi) is 3.85. The summed E-state index contributed by atoms with van der Waals surface area (Å²) in [6.07, 6.45) is 3.38. The Morgan fingerprint density at radius 2 is 2.26 bits per heavy atom. The fraction of sp³-hybridized carbons (Fsp3) is 0.375. The van der Waals surface area contributed by atoms with Gasteiger partial charge >= 0.3 is 5.97 Å². The molecule has 1 aliphatic rings. The number of nitrogens with one attached hydrogen (secondary N) is 1. The second kappa shape index (κ2) is 5.83. The molecule has 0 aliphatic carbocycles. The summed E-state index contributed by atoms with van der Waals surface area (Å²) < 4.78 is 7.05. The van der Waals surface area contributed by atoms with Gasteiger partial charge in [-0.05, 0) is 25.5 Å². The third kappa shape index (κ3) is 3.08. The van der Waals surface area contributed by atoms with Gasteiger partial charge in [-0.25, -0.2) is 9.78 Å². The first-order valence-electron chi connectivity index (χ1n) is 7.42. The van der Waals surface area contributed by atoms with Gasteiger partial charge in [-0.1, -0.05) is 18.2 Å². The summed E-state index contributed by atoms with van der Waals surface area (Å²) in [7, 11) is 0. The van der Waals surface area contributed by atoms with Gasteiger partial charge in [-0.15, -0.1) is 0 Å². The molecular formula is C16H18N4O3. The van der Waals surface area contributed by atoms with Crippen molar-refractivity contribution in [3.63, 3.8) is 0 Å². The topological polar surface area (TPSA) is 86.1 Å². The maximum atomic E-state index is 12.6. The van der Waals surface area contributed by atoms with Crippen molar-refractivity contribution in [2.24, 2.45) is 0 Å². The van der Waals surface area contributed by atoms with Gasteiger partial charge < -0.3 is 10.1 Å². The van der Waals surface area contributed by atoms with Crippen LogP contribution in [0.5, 0.6) is 0 Å². The van der Waals surface area contributed by atoms with Crippen molar-refractivity contribution in [2.75, 3.05) is 0 Å². The molecule has 0 bridgehead atoms. The number of rotatable bonds is 4. The SMILES string of the molecule is CC(Cn1cncn1)NC(=O)C1(C)Cc2ccccc2C(=O)O1. The number of benzene rings is 1. The Hall–Kier alpha value is -2.70. The van der Waals surface area contributed by atoms with Crippen LogP contribution in [0, 0.1) is 0 Å². The average molecular weight is 314 g/mol. The summed E-state index contributed by atoms with van der Waals surface area (Å²) in [6.45, 7) is 3.99. The van der Waals surface area contributed by atoms with E-state index < -0.39 is 11.6 Å². The first-order chi connectivity index (χ1) is 11.0. The predicted molar refractivity (Wildman–Crippen MR) is 81.6 cm³/mol. The third-order valence-corrected chi connectivity index (χ3v) is 3.87. The molecule has 2 unspecified atom stereocenters. The minimum absolute atomic E-state index is 0.170. The Labute approximate surface area is 133 Å². The van der Waals surface area contributed by atoms with Crippen LogP contribution in [0.2, 0.25) is 0 Å². The van der Waals surface area contributed by atoms with Crippen LogP contribution < -0.4 is 5.32 Å². The van der Waals surface area contributed by atoms with Gasteiger partial charge in [-0.3, -0.25) is 9.48 Å². The van der Waals surface area contributed by atoms with Crippen LogP contribution in [0.25, 0.3) is 0 Å². The molecule has 1 aromatic heterocycles. The molecule has 2 aromatic rings. The molecule has 1 N–H and O–H groups in total. The van der Waals surface area contributed by atoms with E-state index in [-0.39, 0.29) is 11.9 Å². The van der Waals surface area contributed by atoms with E-state index in [0.29, 0.717) is 18.5 Å². The summed E-state index contributed by atoms with van der Waals surface area (Å²) in [6, 6.07) is 7.02. The fourth-order valence-corrected chi connectivity index (χ4v) is 2.69. The van der Waals surface area contributed by atoms with Crippen LogP contribution in [0.1, 0.15) is 29.8 Å². The monoisotopic (exact) mass is 314 g/mol. The van der Waals surface area contributed by atoms with Crippen LogP contribution in [-0.2, 0) is 22.5 Å². The van der Waals surface area contributed by atoms with Gasteiger partial charge in [0, 0.05) is 12.5 Å². The molecule has 1 aliphatic heterocycles. The molecule has 1 aromatic carbocycles. The molecule has 3 rings (SSSR count). The smallest absolute Gasteiger partial charge is 0.339 e. The van der Waals surface area contributed by atoms with E-state index in [2.05, 4.69) is 15.4 Å². The Balaban J connectivity index is 1.71. The minimum atomic E-state index is -1.21. The van der Waals surface area contributed by atoms with E-state index in [4.69, 9.17) is 4.74 Å². The molecule has 23 heavy (non-hydrogen) atoms. The lowest BCUT2D eigenvalue weighted by Gasteiger charge is -2.33. The Bertz CT molecular complexity index is 729. The number of esters is 1. The number of fused-ring (bicyclic) bond motifs is 1. The lowest BCUT2D eigenvalue weighted by molar-refractivity contribution is -0.140. The van der Waals surface area contributed by atoms with Crippen molar-refractivity contribution >= 4 is 11.9 Å². The molecule has 0 spiro atoms. The van der Waals surface area contributed by atoms with Gasteiger partial charge in [-0.2, -0.15) is 5.10 Å². The van der Waals surface area contributed by atoms with Crippen molar-refractivity contribution in [3.8, 4) is 0 Å². The number of nitrogens with zero attached hydrogens (tertiary/aromatic N) is 3. The zero-order valence-corrected chi connectivity index (χ0v) is 13.0. The van der Waals surface area contributed by atoms with Crippen molar-refractivity contribution in [2.45, 2.75) is 38.5 Å². The highest BCUT2D eigenvalue weighted by Gasteiger charge is 2.42. The molecule has 0 saturated heterocycles. The minimum Gasteiger partial charge on any atom is -0.445 e. The van der Waals surface area contributed by atoms with Crippen molar-refractivity contribution < 1.29 is 14.3 Å². The number of cyclic esters (lactones) is 1.